The van der Waals surface area contributed by atoms with Gasteiger partial charge in [0.15, 0.2) is 17.3 Å². The molecule has 23 heavy (non-hydrogen) atoms. The van der Waals surface area contributed by atoms with Crippen LogP contribution in [0, 0.1) is 11.3 Å². The van der Waals surface area contributed by atoms with Crippen LogP contribution in [-0.4, -0.2) is 26.8 Å². The minimum Gasteiger partial charge on any atom is -0.493 e. The second-order valence-corrected chi connectivity index (χ2v) is 4.95. The summed E-state index contributed by atoms with van der Waals surface area (Å²) >= 11 is 0. The van der Waals surface area contributed by atoms with Crippen molar-refractivity contribution in [2.75, 3.05) is 20.8 Å². The lowest BCUT2D eigenvalue weighted by atomic mass is 9.83. The molecule has 0 bridgehead atoms. The Morgan fingerprint density at radius 1 is 1.30 bits per heavy atom. The van der Waals surface area contributed by atoms with Crippen molar-refractivity contribution in [3.05, 3.63) is 46.6 Å². The van der Waals surface area contributed by atoms with E-state index >= 15 is 0 Å². The Morgan fingerprint density at radius 2 is 2.04 bits per heavy atom. The van der Waals surface area contributed by atoms with E-state index in [0.717, 1.165) is 0 Å². The van der Waals surface area contributed by atoms with Gasteiger partial charge in [0, 0.05) is 0 Å². The van der Waals surface area contributed by atoms with Gasteiger partial charge in [-0.2, -0.15) is 5.26 Å². The third-order valence-corrected chi connectivity index (χ3v) is 3.79. The molecule has 2 aliphatic rings. The third-order valence-electron chi connectivity index (χ3n) is 3.79. The van der Waals surface area contributed by atoms with E-state index in [9.17, 15) is 10.1 Å². The van der Waals surface area contributed by atoms with Gasteiger partial charge in [-0.05, 0) is 17.7 Å². The number of esters is 1. The molecule has 0 aromatic heterocycles. The van der Waals surface area contributed by atoms with E-state index in [1.807, 2.05) is 6.07 Å². The zero-order valence-electron chi connectivity index (χ0n) is 12.6. The SMILES string of the molecule is COc1ccc([C@@H]2C(C#N)=C(N)OC3=C2C(=O)OC3)cc1OC. The largest absolute Gasteiger partial charge is 0.493 e. The first-order valence-corrected chi connectivity index (χ1v) is 6.80. The molecule has 2 N–H and O–H groups in total. The molecule has 0 amide bonds. The van der Waals surface area contributed by atoms with Crippen molar-refractivity contribution in [2.45, 2.75) is 5.92 Å². The summed E-state index contributed by atoms with van der Waals surface area (Å²) in [6.07, 6.45) is 0. The van der Waals surface area contributed by atoms with Gasteiger partial charge in [0.2, 0.25) is 5.88 Å². The molecule has 3 rings (SSSR count). The lowest BCUT2D eigenvalue weighted by Gasteiger charge is -2.24. The van der Waals surface area contributed by atoms with E-state index in [2.05, 4.69) is 0 Å². The van der Waals surface area contributed by atoms with Crippen LogP contribution in [0.5, 0.6) is 11.5 Å². The number of carbonyl (C=O) groups is 1. The van der Waals surface area contributed by atoms with Crippen LogP contribution in [0.25, 0.3) is 0 Å². The first-order valence-electron chi connectivity index (χ1n) is 6.80. The van der Waals surface area contributed by atoms with E-state index in [0.29, 0.717) is 28.4 Å². The molecule has 1 aromatic carbocycles. The van der Waals surface area contributed by atoms with Gasteiger partial charge in [-0.15, -0.1) is 0 Å². The Labute approximate surface area is 132 Å². The van der Waals surface area contributed by atoms with Gasteiger partial charge in [-0.3, -0.25) is 0 Å². The standard InChI is InChI=1S/C16H14N2O5/c1-20-10-4-3-8(5-11(10)21-2)13-9(6-17)15(18)23-12-7-22-16(19)14(12)13/h3-5,13H,7,18H2,1-2H3/t13-/m1/s1. The number of hydrogen-bond donors (Lipinski definition) is 1. The van der Waals surface area contributed by atoms with Crippen LogP contribution in [-0.2, 0) is 14.3 Å². The maximum absolute atomic E-state index is 12.0. The lowest BCUT2D eigenvalue weighted by molar-refractivity contribution is -0.136. The fraction of sp³-hybridized carbons (Fsp3) is 0.250. The molecule has 0 saturated carbocycles. The van der Waals surface area contributed by atoms with E-state index < -0.39 is 11.9 Å². The number of ether oxygens (including phenoxy) is 4. The topological polar surface area (TPSA) is 104 Å². The Balaban J connectivity index is 2.16. The molecule has 0 saturated heterocycles. The molecular weight excluding hydrogens is 300 g/mol. The maximum atomic E-state index is 12.0. The number of carbonyl (C=O) groups excluding carboxylic acids is 1. The number of methoxy groups -OCH3 is 2. The molecule has 7 nitrogen and oxygen atoms in total. The fourth-order valence-corrected chi connectivity index (χ4v) is 2.72. The first kappa shape index (κ1) is 14.8. The van der Waals surface area contributed by atoms with Gasteiger partial charge in [-0.1, -0.05) is 6.07 Å². The average molecular weight is 314 g/mol. The second-order valence-electron chi connectivity index (χ2n) is 4.95. The summed E-state index contributed by atoms with van der Waals surface area (Å²) in [6, 6.07) is 7.17. The minimum absolute atomic E-state index is 0.0113. The number of rotatable bonds is 3. The van der Waals surface area contributed by atoms with Gasteiger partial charge in [0.25, 0.3) is 0 Å². The van der Waals surface area contributed by atoms with Crippen LogP contribution in [0.3, 0.4) is 0 Å². The van der Waals surface area contributed by atoms with Crippen LogP contribution in [0.2, 0.25) is 0 Å². The van der Waals surface area contributed by atoms with Crippen LogP contribution >= 0.6 is 0 Å². The van der Waals surface area contributed by atoms with Crippen LogP contribution < -0.4 is 15.2 Å². The highest BCUT2D eigenvalue weighted by Gasteiger charge is 2.41. The van der Waals surface area contributed by atoms with Gasteiger partial charge in [0.05, 0.1) is 25.7 Å². The average Bonchev–Trinajstić information content (AvgIpc) is 2.93. The molecule has 0 aliphatic carbocycles. The molecule has 0 spiro atoms. The number of nitriles is 1. The van der Waals surface area contributed by atoms with Crippen molar-refractivity contribution in [3.8, 4) is 17.6 Å². The van der Waals surface area contributed by atoms with E-state index in [-0.39, 0.29) is 18.1 Å². The van der Waals surface area contributed by atoms with Crippen molar-refractivity contribution < 1.29 is 23.7 Å². The third kappa shape index (κ3) is 2.25. The molecule has 0 fully saturated rings. The molecule has 7 heteroatoms. The van der Waals surface area contributed by atoms with Crippen molar-refractivity contribution in [3.63, 3.8) is 0 Å². The summed E-state index contributed by atoms with van der Waals surface area (Å²) in [5, 5.41) is 9.43. The minimum atomic E-state index is -0.654. The summed E-state index contributed by atoms with van der Waals surface area (Å²) in [7, 11) is 3.04. The Morgan fingerprint density at radius 3 is 2.70 bits per heavy atom. The highest BCUT2D eigenvalue weighted by atomic mass is 16.6. The van der Waals surface area contributed by atoms with Gasteiger partial charge >= 0.3 is 5.97 Å². The summed E-state index contributed by atoms with van der Waals surface area (Å²) in [4.78, 5) is 12.0. The molecule has 1 aromatic rings. The predicted octanol–water partition coefficient (Wildman–Crippen LogP) is 1.32. The smallest absolute Gasteiger partial charge is 0.339 e. The highest BCUT2D eigenvalue weighted by molar-refractivity contribution is 5.94. The number of cyclic esters (lactones) is 1. The van der Waals surface area contributed by atoms with Gasteiger partial charge < -0.3 is 24.7 Å². The summed E-state index contributed by atoms with van der Waals surface area (Å²) in [5.41, 5.74) is 6.94. The summed E-state index contributed by atoms with van der Waals surface area (Å²) in [6.45, 7) is 0.0113. The van der Waals surface area contributed by atoms with E-state index in [4.69, 9.17) is 24.7 Å². The summed E-state index contributed by atoms with van der Waals surface area (Å²) < 4.78 is 20.8. The zero-order chi connectivity index (χ0) is 16.6. The highest BCUT2D eigenvalue weighted by Crippen LogP contribution is 2.43. The van der Waals surface area contributed by atoms with Crippen molar-refractivity contribution in [2.24, 2.45) is 5.73 Å². The van der Waals surface area contributed by atoms with Crippen molar-refractivity contribution in [1.82, 2.24) is 0 Å². The Bertz CT molecular complexity index is 788. The number of nitrogens with two attached hydrogens (primary N) is 1. The van der Waals surface area contributed by atoms with Crippen molar-refractivity contribution >= 4 is 5.97 Å². The van der Waals surface area contributed by atoms with Crippen LogP contribution in [0.1, 0.15) is 11.5 Å². The molecule has 0 radical (unpaired) electrons. The Kier molecular flexibility index (Phi) is 3.58. The lowest BCUT2D eigenvalue weighted by Crippen LogP contribution is -2.21. The number of allylic oxidation sites excluding steroid dienone is 1. The Hall–Kier alpha value is -3.14. The quantitative estimate of drug-likeness (QED) is 0.839. The number of benzene rings is 1. The molecule has 1 atom stereocenters. The zero-order valence-corrected chi connectivity index (χ0v) is 12.6. The molecule has 2 heterocycles. The predicted molar refractivity (Wildman–Crippen MR) is 78.2 cm³/mol. The van der Waals surface area contributed by atoms with Crippen LogP contribution in [0.4, 0.5) is 0 Å². The van der Waals surface area contributed by atoms with Gasteiger partial charge in [-0.25, -0.2) is 4.79 Å². The molecule has 0 unspecified atom stereocenters. The molecule has 2 aliphatic heterocycles. The van der Waals surface area contributed by atoms with Crippen LogP contribution in [0.15, 0.2) is 41.0 Å². The number of hydrogen-bond acceptors (Lipinski definition) is 7. The van der Waals surface area contributed by atoms with E-state index in [1.54, 1.807) is 18.2 Å². The summed E-state index contributed by atoms with van der Waals surface area (Å²) in [5.74, 6) is 0.178. The fourth-order valence-electron chi connectivity index (χ4n) is 2.72. The second kappa shape index (κ2) is 5.57. The van der Waals surface area contributed by atoms with Gasteiger partial charge in [0.1, 0.15) is 18.2 Å². The van der Waals surface area contributed by atoms with E-state index in [1.165, 1.54) is 14.2 Å². The van der Waals surface area contributed by atoms with Crippen molar-refractivity contribution in [1.29, 1.82) is 5.26 Å². The molecule has 118 valence electrons. The number of nitrogens with zero attached hydrogens (tertiary/aromatic N) is 1. The maximum Gasteiger partial charge on any atom is 0.339 e. The molecular formula is C16H14N2O5. The monoisotopic (exact) mass is 314 g/mol. The first-order chi connectivity index (χ1) is 11.1. The normalized spacial score (nSPS) is 19.7.